The lowest BCUT2D eigenvalue weighted by atomic mass is 10.2. The minimum absolute atomic E-state index is 0.0283. The Morgan fingerprint density at radius 3 is 2.11 bits per heavy atom. The van der Waals surface area contributed by atoms with Gasteiger partial charge in [-0.25, -0.2) is 0 Å². The molecule has 0 aliphatic heterocycles. The summed E-state index contributed by atoms with van der Waals surface area (Å²) in [5, 5.41) is 0. The van der Waals surface area contributed by atoms with Gasteiger partial charge in [0.2, 0.25) is 0 Å². The van der Waals surface area contributed by atoms with Crippen LogP contribution in [0.1, 0.15) is 72.1 Å². The van der Waals surface area contributed by atoms with Crippen LogP contribution in [0.4, 0.5) is 0 Å². The summed E-state index contributed by atoms with van der Waals surface area (Å²) in [5.41, 5.74) is 0. The van der Waals surface area contributed by atoms with E-state index in [1.54, 1.807) is 0 Å². The fraction of sp³-hybridized carbons (Fsp3) is 0.933. The standard InChI is InChI=1S/C15H30O3/c1-4-7-9-11-17-14(6-3)13-15(16)18-12-10-8-5-2/h14H,4-13H2,1-3H3. The van der Waals surface area contributed by atoms with E-state index in [1.807, 2.05) is 0 Å². The second-order valence-corrected chi connectivity index (χ2v) is 4.74. The van der Waals surface area contributed by atoms with Crippen LogP contribution in [-0.2, 0) is 14.3 Å². The topological polar surface area (TPSA) is 35.5 Å². The second kappa shape index (κ2) is 12.9. The van der Waals surface area contributed by atoms with E-state index in [9.17, 15) is 4.79 Å². The van der Waals surface area contributed by atoms with E-state index in [4.69, 9.17) is 9.47 Å². The molecule has 0 aromatic rings. The third-order valence-corrected chi connectivity index (χ3v) is 2.96. The maximum atomic E-state index is 11.6. The average Bonchev–Trinajstić information content (AvgIpc) is 2.38. The van der Waals surface area contributed by atoms with Crippen molar-refractivity contribution in [3.05, 3.63) is 0 Å². The number of unbranched alkanes of at least 4 members (excludes halogenated alkanes) is 4. The van der Waals surface area contributed by atoms with E-state index in [0.717, 1.165) is 38.7 Å². The lowest BCUT2D eigenvalue weighted by Gasteiger charge is -2.15. The summed E-state index contributed by atoms with van der Waals surface area (Å²) < 4.78 is 10.9. The number of esters is 1. The summed E-state index contributed by atoms with van der Waals surface area (Å²) >= 11 is 0. The smallest absolute Gasteiger partial charge is 0.308 e. The van der Waals surface area contributed by atoms with Crippen LogP contribution >= 0.6 is 0 Å². The van der Waals surface area contributed by atoms with Crippen molar-refractivity contribution in [3.8, 4) is 0 Å². The van der Waals surface area contributed by atoms with Crippen LogP contribution in [0.15, 0.2) is 0 Å². The first-order valence-electron chi connectivity index (χ1n) is 7.51. The molecule has 0 aliphatic rings. The molecular weight excluding hydrogens is 228 g/mol. The van der Waals surface area contributed by atoms with Crippen molar-refractivity contribution in [1.82, 2.24) is 0 Å². The first-order valence-corrected chi connectivity index (χ1v) is 7.51. The van der Waals surface area contributed by atoms with E-state index < -0.39 is 0 Å². The Balaban J connectivity index is 3.59. The molecule has 0 saturated heterocycles. The van der Waals surface area contributed by atoms with E-state index in [0.29, 0.717) is 13.0 Å². The van der Waals surface area contributed by atoms with Gasteiger partial charge in [0, 0.05) is 6.61 Å². The Hall–Kier alpha value is -0.570. The Morgan fingerprint density at radius 1 is 0.944 bits per heavy atom. The maximum absolute atomic E-state index is 11.6. The van der Waals surface area contributed by atoms with Crippen molar-refractivity contribution in [2.45, 2.75) is 78.2 Å². The lowest BCUT2D eigenvalue weighted by Crippen LogP contribution is -2.19. The molecular formula is C15H30O3. The first-order chi connectivity index (χ1) is 8.74. The number of hydrogen-bond acceptors (Lipinski definition) is 3. The Bertz CT molecular complexity index is 192. The summed E-state index contributed by atoms with van der Waals surface area (Å²) in [7, 11) is 0. The maximum Gasteiger partial charge on any atom is 0.308 e. The lowest BCUT2D eigenvalue weighted by molar-refractivity contribution is -0.147. The quantitative estimate of drug-likeness (QED) is 0.390. The fourth-order valence-electron chi connectivity index (χ4n) is 1.71. The van der Waals surface area contributed by atoms with Gasteiger partial charge in [0.15, 0.2) is 0 Å². The van der Waals surface area contributed by atoms with Gasteiger partial charge in [0.05, 0.1) is 19.1 Å². The minimum Gasteiger partial charge on any atom is -0.466 e. The zero-order chi connectivity index (χ0) is 13.6. The molecule has 3 nitrogen and oxygen atoms in total. The minimum atomic E-state index is -0.117. The number of carbonyl (C=O) groups is 1. The molecule has 0 bridgehead atoms. The average molecular weight is 258 g/mol. The summed E-state index contributed by atoms with van der Waals surface area (Å²) in [6, 6.07) is 0. The van der Waals surface area contributed by atoms with Crippen molar-refractivity contribution in [1.29, 1.82) is 0 Å². The second-order valence-electron chi connectivity index (χ2n) is 4.74. The van der Waals surface area contributed by atoms with Crippen molar-refractivity contribution < 1.29 is 14.3 Å². The highest BCUT2D eigenvalue weighted by Crippen LogP contribution is 2.07. The Kier molecular flexibility index (Phi) is 12.5. The van der Waals surface area contributed by atoms with Crippen LogP contribution in [0.3, 0.4) is 0 Å². The predicted octanol–water partition coefficient (Wildman–Crippen LogP) is 4.10. The van der Waals surface area contributed by atoms with Gasteiger partial charge in [0.25, 0.3) is 0 Å². The molecule has 0 amide bonds. The van der Waals surface area contributed by atoms with Crippen LogP contribution in [0.25, 0.3) is 0 Å². The largest absolute Gasteiger partial charge is 0.466 e. The zero-order valence-corrected chi connectivity index (χ0v) is 12.4. The first kappa shape index (κ1) is 17.4. The van der Waals surface area contributed by atoms with Gasteiger partial charge in [-0.15, -0.1) is 0 Å². The highest BCUT2D eigenvalue weighted by molar-refractivity contribution is 5.69. The molecule has 0 fully saturated rings. The van der Waals surface area contributed by atoms with Gasteiger partial charge >= 0.3 is 5.97 Å². The van der Waals surface area contributed by atoms with Crippen LogP contribution in [0.5, 0.6) is 0 Å². The van der Waals surface area contributed by atoms with Gasteiger partial charge in [0.1, 0.15) is 0 Å². The number of rotatable bonds is 12. The highest BCUT2D eigenvalue weighted by atomic mass is 16.5. The molecule has 3 heteroatoms. The summed E-state index contributed by atoms with van der Waals surface area (Å²) in [4.78, 5) is 11.6. The van der Waals surface area contributed by atoms with Gasteiger partial charge in [-0.3, -0.25) is 4.79 Å². The molecule has 0 radical (unpaired) electrons. The van der Waals surface area contributed by atoms with Crippen LogP contribution in [0, 0.1) is 0 Å². The predicted molar refractivity (Wildman–Crippen MR) is 74.7 cm³/mol. The van der Waals surface area contributed by atoms with Gasteiger partial charge in [-0.1, -0.05) is 46.5 Å². The molecule has 0 aromatic carbocycles. The molecule has 0 aromatic heterocycles. The number of ether oxygens (including phenoxy) is 2. The van der Waals surface area contributed by atoms with Crippen LogP contribution < -0.4 is 0 Å². The molecule has 0 N–H and O–H groups in total. The van der Waals surface area contributed by atoms with Crippen LogP contribution in [-0.4, -0.2) is 25.3 Å². The van der Waals surface area contributed by atoms with Crippen molar-refractivity contribution in [3.63, 3.8) is 0 Å². The van der Waals surface area contributed by atoms with Gasteiger partial charge < -0.3 is 9.47 Å². The van der Waals surface area contributed by atoms with Gasteiger partial charge in [-0.2, -0.15) is 0 Å². The SMILES string of the molecule is CCCCCOC(=O)CC(CC)OCCCCC. The van der Waals surface area contributed by atoms with Crippen molar-refractivity contribution >= 4 is 5.97 Å². The summed E-state index contributed by atoms with van der Waals surface area (Å²) in [6.07, 6.45) is 8.01. The molecule has 1 atom stereocenters. The monoisotopic (exact) mass is 258 g/mol. The normalized spacial score (nSPS) is 12.4. The van der Waals surface area contributed by atoms with Crippen molar-refractivity contribution in [2.75, 3.05) is 13.2 Å². The molecule has 0 spiro atoms. The van der Waals surface area contributed by atoms with Gasteiger partial charge in [-0.05, 0) is 19.3 Å². The molecule has 0 heterocycles. The van der Waals surface area contributed by atoms with Crippen molar-refractivity contribution in [2.24, 2.45) is 0 Å². The summed E-state index contributed by atoms with van der Waals surface area (Å²) in [5.74, 6) is -0.117. The Morgan fingerprint density at radius 2 is 1.56 bits per heavy atom. The molecule has 0 rings (SSSR count). The Labute approximate surface area is 112 Å². The van der Waals surface area contributed by atoms with Crippen LogP contribution in [0.2, 0.25) is 0 Å². The molecule has 0 aliphatic carbocycles. The molecule has 0 saturated carbocycles. The highest BCUT2D eigenvalue weighted by Gasteiger charge is 2.13. The number of hydrogen-bond donors (Lipinski definition) is 0. The van der Waals surface area contributed by atoms with E-state index in [-0.39, 0.29) is 12.1 Å². The van der Waals surface area contributed by atoms with E-state index in [2.05, 4.69) is 20.8 Å². The molecule has 1 unspecified atom stereocenters. The third kappa shape index (κ3) is 10.6. The zero-order valence-electron chi connectivity index (χ0n) is 12.4. The van der Waals surface area contributed by atoms with E-state index in [1.165, 1.54) is 12.8 Å². The number of carbonyl (C=O) groups excluding carboxylic acids is 1. The summed E-state index contributed by atoms with van der Waals surface area (Å²) in [6.45, 7) is 7.67. The van der Waals surface area contributed by atoms with E-state index >= 15 is 0 Å². The molecule has 108 valence electrons. The third-order valence-electron chi connectivity index (χ3n) is 2.96. The fourth-order valence-corrected chi connectivity index (χ4v) is 1.71. The molecule has 18 heavy (non-hydrogen) atoms.